The first kappa shape index (κ1) is 18.2. The summed E-state index contributed by atoms with van der Waals surface area (Å²) in [7, 11) is -5.44. The molecule has 0 saturated heterocycles. The fourth-order valence-corrected chi connectivity index (χ4v) is 3.52. The summed E-state index contributed by atoms with van der Waals surface area (Å²) in [6.45, 7) is 6.66. The lowest BCUT2D eigenvalue weighted by Gasteiger charge is -2.24. The van der Waals surface area contributed by atoms with E-state index in [0.29, 0.717) is 0 Å². The Bertz CT molecular complexity index is 545. The highest BCUT2D eigenvalue weighted by Gasteiger charge is 2.51. The molecule has 0 spiro atoms. The highest BCUT2D eigenvalue weighted by Crippen LogP contribution is 2.34. The average Bonchev–Trinajstić information content (AvgIpc) is 2.37. The molecule has 0 fully saturated rings. The van der Waals surface area contributed by atoms with Crippen molar-refractivity contribution in [1.82, 2.24) is 0 Å². The van der Waals surface area contributed by atoms with Gasteiger partial charge in [-0.15, -0.1) is 0 Å². The first-order valence-corrected chi connectivity index (χ1v) is 8.78. The first-order chi connectivity index (χ1) is 9.71. The zero-order valence-corrected chi connectivity index (χ0v) is 14.2. The van der Waals surface area contributed by atoms with Crippen molar-refractivity contribution in [1.29, 1.82) is 0 Å². The van der Waals surface area contributed by atoms with Crippen LogP contribution in [0.2, 0.25) is 0 Å². The standard InChI is InChI=1S/C13H19O6PS/c1-10(2)17-13(20-14,18-11(3)4)19-21(15,16)12-8-6-5-7-9-12/h5-11H,1-4H3/p+1. The molecule has 1 rings (SSSR count). The molecule has 0 aliphatic rings. The van der Waals surface area contributed by atoms with Crippen molar-refractivity contribution in [3.05, 3.63) is 30.3 Å². The lowest BCUT2D eigenvalue weighted by Crippen LogP contribution is -2.39. The summed E-state index contributed by atoms with van der Waals surface area (Å²) in [5, 5.41) is 0. The minimum Gasteiger partial charge on any atom is -0.282 e. The number of rotatable bonds is 8. The van der Waals surface area contributed by atoms with E-state index in [9.17, 15) is 13.0 Å². The van der Waals surface area contributed by atoms with Gasteiger partial charge in [0, 0.05) is 0 Å². The van der Waals surface area contributed by atoms with Crippen LogP contribution < -0.4 is 0 Å². The van der Waals surface area contributed by atoms with Crippen LogP contribution in [0.25, 0.3) is 0 Å². The second kappa shape index (κ2) is 7.42. The summed E-state index contributed by atoms with van der Waals surface area (Å²) < 4.78 is 51.7. The lowest BCUT2D eigenvalue weighted by atomic mass is 10.4. The minimum absolute atomic E-state index is 0.0627. The number of hydrogen-bond acceptors (Lipinski definition) is 6. The summed E-state index contributed by atoms with van der Waals surface area (Å²) in [6.07, 6.45) is -0.868. The summed E-state index contributed by atoms with van der Waals surface area (Å²) in [5.74, 6) is 0. The minimum atomic E-state index is -4.16. The topological polar surface area (TPSA) is 78.9 Å². The third-order valence-electron chi connectivity index (χ3n) is 2.16. The maximum absolute atomic E-state index is 12.3. The molecule has 6 nitrogen and oxygen atoms in total. The fourth-order valence-electron chi connectivity index (χ4n) is 1.53. The van der Waals surface area contributed by atoms with Gasteiger partial charge < -0.3 is 0 Å². The van der Waals surface area contributed by atoms with Crippen LogP contribution in [0.1, 0.15) is 27.7 Å². The molecule has 0 radical (unpaired) electrons. The summed E-state index contributed by atoms with van der Waals surface area (Å²) in [5.41, 5.74) is -2.14. The molecular formula is C13H20O6PS+. The van der Waals surface area contributed by atoms with Crippen molar-refractivity contribution in [3.8, 4) is 0 Å². The van der Waals surface area contributed by atoms with Gasteiger partial charge in [0.25, 0.3) is 0 Å². The van der Waals surface area contributed by atoms with Gasteiger partial charge in [0.05, 0.1) is 17.1 Å². The van der Waals surface area contributed by atoms with E-state index in [1.165, 1.54) is 12.1 Å². The van der Waals surface area contributed by atoms with E-state index >= 15 is 0 Å². The molecule has 0 amide bonds. The van der Waals surface area contributed by atoms with Gasteiger partial charge in [-0.25, -0.2) is 0 Å². The Morgan fingerprint density at radius 2 is 1.48 bits per heavy atom. The molecule has 118 valence electrons. The smallest absolute Gasteiger partial charge is 0.282 e. The first-order valence-electron chi connectivity index (χ1n) is 6.46. The zero-order chi connectivity index (χ0) is 16.1. The van der Waals surface area contributed by atoms with E-state index in [1.807, 2.05) is 0 Å². The van der Waals surface area contributed by atoms with Crippen molar-refractivity contribution in [2.45, 2.75) is 50.5 Å². The van der Waals surface area contributed by atoms with Crippen LogP contribution in [-0.4, -0.2) is 26.3 Å². The van der Waals surface area contributed by atoms with E-state index in [1.54, 1.807) is 45.9 Å². The predicted octanol–water partition coefficient (Wildman–Crippen LogP) is 2.88. The third kappa shape index (κ3) is 5.45. The van der Waals surface area contributed by atoms with Gasteiger partial charge in [-0.1, -0.05) is 22.8 Å². The van der Waals surface area contributed by atoms with Gasteiger partial charge in [-0.2, -0.15) is 12.6 Å². The molecule has 1 unspecified atom stereocenters. The number of benzene rings is 1. The maximum Gasteiger partial charge on any atom is 0.511 e. The van der Waals surface area contributed by atoms with Gasteiger partial charge in [0.15, 0.2) is 0 Å². The van der Waals surface area contributed by atoms with Crippen LogP contribution in [0.3, 0.4) is 0 Å². The van der Waals surface area contributed by atoms with Crippen molar-refractivity contribution >= 4 is 18.6 Å². The van der Waals surface area contributed by atoms with E-state index in [0.717, 1.165) is 0 Å². The molecule has 1 aromatic rings. The molecular weight excluding hydrogens is 315 g/mol. The Labute approximate surface area is 126 Å². The van der Waals surface area contributed by atoms with Crippen molar-refractivity contribution in [2.24, 2.45) is 0 Å². The number of hydrogen-bond donors (Lipinski definition) is 0. The van der Waals surface area contributed by atoms with Crippen LogP contribution >= 0.6 is 8.46 Å². The van der Waals surface area contributed by atoms with Crippen molar-refractivity contribution in [3.63, 3.8) is 0 Å². The highest BCUT2D eigenvalue weighted by atomic mass is 32.2. The van der Waals surface area contributed by atoms with Crippen molar-refractivity contribution in [2.75, 3.05) is 0 Å². The Morgan fingerprint density at radius 3 is 1.86 bits per heavy atom. The summed E-state index contributed by atoms with van der Waals surface area (Å²) >= 11 is 0. The second-order valence-electron chi connectivity index (χ2n) is 4.84. The van der Waals surface area contributed by atoms with Crippen LogP contribution in [0, 0.1) is 0 Å². The summed E-state index contributed by atoms with van der Waals surface area (Å²) in [6, 6.07) is 7.54. The van der Waals surface area contributed by atoms with Crippen LogP contribution in [-0.2, 0) is 28.3 Å². The Kier molecular flexibility index (Phi) is 6.43. The Balaban J connectivity index is 3.13. The Hall–Kier alpha value is -0.850. The zero-order valence-electron chi connectivity index (χ0n) is 12.4. The van der Waals surface area contributed by atoms with Gasteiger partial charge in [-0.3, -0.25) is 9.47 Å². The molecule has 0 aliphatic carbocycles. The molecule has 0 bridgehead atoms. The molecule has 21 heavy (non-hydrogen) atoms. The maximum atomic E-state index is 12.3. The fraction of sp³-hybridized carbons (Fsp3) is 0.538. The van der Waals surface area contributed by atoms with Crippen LogP contribution in [0.4, 0.5) is 0 Å². The van der Waals surface area contributed by atoms with E-state index in [-0.39, 0.29) is 4.90 Å². The second-order valence-corrected chi connectivity index (χ2v) is 7.20. The van der Waals surface area contributed by atoms with Gasteiger partial charge in [0.1, 0.15) is 0 Å². The third-order valence-corrected chi connectivity index (χ3v) is 4.18. The Morgan fingerprint density at radius 1 is 1.00 bits per heavy atom. The molecule has 0 aromatic heterocycles. The monoisotopic (exact) mass is 335 g/mol. The molecule has 0 heterocycles. The van der Waals surface area contributed by atoms with E-state index in [2.05, 4.69) is 0 Å². The predicted molar refractivity (Wildman–Crippen MR) is 78.9 cm³/mol. The molecule has 0 N–H and O–H groups in total. The summed E-state index contributed by atoms with van der Waals surface area (Å²) in [4.78, 5) is -0.0627. The molecule has 8 heteroatoms. The largest absolute Gasteiger partial charge is 0.511 e. The van der Waals surface area contributed by atoms with E-state index in [4.69, 9.17) is 13.7 Å². The van der Waals surface area contributed by atoms with Crippen LogP contribution in [0.5, 0.6) is 0 Å². The van der Waals surface area contributed by atoms with Crippen molar-refractivity contribution < 1.29 is 26.6 Å². The lowest BCUT2D eigenvalue weighted by molar-refractivity contribution is -0.305. The van der Waals surface area contributed by atoms with Gasteiger partial charge in [0.2, 0.25) is 0 Å². The molecule has 1 atom stereocenters. The molecule has 0 saturated carbocycles. The number of ether oxygens (including phenoxy) is 2. The quantitative estimate of drug-likeness (QED) is 0.413. The van der Waals surface area contributed by atoms with Gasteiger partial charge in [-0.05, 0) is 39.8 Å². The SMILES string of the molecule is CC(C)OC(OC(C)C)(OS(=O)(=O)c1ccccc1)[PH+]=O. The average molecular weight is 335 g/mol. The molecule has 0 aliphatic heterocycles. The van der Waals surface area contributed by atoms with E-state index < -0.39 is 36.5 Å². The highest BCUT2D eigenvalue weighted by molar-refractivity contribution is 7.87. The normalized spacial score (nSPS) is 13.2. The van der Waals surface area contributed by atoms with Gasteiger partial charge >= 0.3 is 24.3 Å². The van der Waals surface area contributed by atoms with Crippen LogP contribution in [0.15, 0.2) is 35.2 Å². The molecule has 1 aromatic carbocycles.